The quantitative estimate of drug-likeness (QED) is 0.205. The Hall–Kier alpha value is -3.31. The van der Waals surface area contributed by atoms with Gasteiger partial charge < -0.3 is 14.2 Å². The summed E-state index contributed by atoms with van der Waals surface area (Å²) in [6.45, 7) is 4.78. The maximum Gasteiger partial charge on any atom is 0.303 e. The van der Waals surface area contributed by atoms with E-state index in [1.165, 1.54) is 49.4 Å². The second-order valence-corrected chi connectivity index (χ2v) is 13.0. The van der Waals surface area contributed by atoms with Crippen molar-refractivity contribution in [2.75, 3.05) is 19.7 Å². The Balaban J connectivity index is 1.60. The number of carbonyl (C=O) groups excluding carboxylic acids is 4. The van der Waals surface area contributed by atoms with Gasteiger partial charge >= 0.3 is 17.9 Å². The van der Waals surface area contributed by atoms with E-state index in [1.807, 2.05) is 13.0 Å². The summed E-state index contributed by atoms with van der Waals surface area (Å²) in [7, 11) is -4.02. The minimum Gasteiger partial charge on any atom is -0.462 e. The Bertz CT molecular complexity index is 1350. The van der Waals surface area contributed by atoms with Crippen molar-refractivity contribution in [2.24, 2.45) is 23.7 Å². The molecule has 41 heavy (non-hydrogen) atoms. The predicted molar refractivity (Wildman–Crippen MR) is 148 cm³/mol. The monoisotopic (exact) mass is 587 g/mol. The van der Waals surface area contributed by atoms with Crippen LogP contribution < -0.4 is 0 Å². The van der Waals surface area contributed by atoms with Crippen LogP contribution in [0.5, 0.6) is 0 Å². The highest BCUT2D eigenvalue weighted by molar-refractivity contribution is 7.89. The molecule has 3 aliphatic carbocycles. The van der Waals surface area contributed by atoms with Crippen molar-refractivity contribution >= 4 is 33.7 Å². The minimum atomic E-state index is -4.02. The highest BCUT2D eigenvalue weighted by Crippen LogP contribution is 2.56. The van der Waals surface area contributed by atoms with E-state index >= 15 is 0 Å². The van der Waals surface area contributed by atoms with Crippen LogP contribution in [0.4, 0.5) is 0 Å². The molecular weight excluding hydrogens is 550 g/mol. The van der Waals surface area contributed by atoms with Crippen LogP contribution in [0.25, 0.3) is 0 Å². The van der Waals surface area contributed by atoms with Crippen LogP contribution in [0.2, 0.25) is 0 Å². The topological polar surface area (TPSA) is 133 Å². The number of hydrogen-bond donors (Lipinski definition) is 0. The predicted octanol–water partition coefficient (Wildman–Crippen LogP) is 3.14. The van der Waals surface area contributed by atoms with Gasteiger partial charge in [-0.3, -0.25) is 19.2 Å². The van der Waals surface area contributed by atoms with Gasteiger partial charge in [0.1, 0.15) is 6.61 Å². The lowest BCUT2D eigenvalue weighted by molar-refractivity contribution is -0.169. The molecule has 11 heteroatoms. The zero-order valence-electron chi connectivity index (χ0n) is 23.8. The van der Waals surface area contributed by atoms with E-state index < -0.39 is 40.1 Å². The molecule has 3 aliphatic rings. The number of carbonyl (C=O) groups is 4. The summed E-state index contributed by atoms with van der Waals surface area (Å²) in [5.74, 6) is -0.965. The largest absolute Gasteiger partial charge is 0.462 e. The number of fused-ring (bicyclic) bond motifs is 5. The summed E-state index contributed by atoms with van der Waals surface area (Å²) in [4.78, 5) is 48.3. The van der Waals surface area contributed by atoms with E-state index in [9.17, 15) is 27.6 Å². The Morgan fingerprint density at radius 1 is 1.00 bits per heavy atom. The molecule has 0 radical (unpaired) electrons. The molecule has 0 amide bonds. The first-order valence-corrected chi connectivity index (χ1v) is 15.3. The Morgan fingerprint density at radius 3 is 2.27 bits per heavy atom. The molecule has 222 valence electrons. The fourth-order valence-corrected chi connectivity index (χ4v) is 7.64. The third kappa shape index (κ3) is 7.13. The maximum atomic E-state index is 13.8. The van der Waals surface area contributed by atoms with Crippen LogP contribution in [0.15, 0.2) is 53.0 Å². The van der Waals surface area contributed by atoms with Gasteiger partial charge in [0.15, 0.2) is 18.0 Å². The van der Waals surface area contributed by atoms with Gasteiger partial charge in [-0.25, -0.2) is 8.42 Å². The number of sulfonamides is 1. The van der Waals surface area contributed by atoms with Gasteiger partial charge in [0.25, 0.3) is 0 Å². The van der Waals surface area contributed by atoms with Crippen molar-refractivity contribution < 1.29 is 41.8 Å². The third-order valence-corrected chi connectivity index (χ3v) is 9.90. The van der Waals surface area contributed by atoms with E-state index in [1.54, 1.807) is 12.1 Å². The SMILES string of the molecule is CC(=O)OC[C@@H](OC(C)=O)[C@H](/C=C/CN(CC1=C[C@H]2[C@@H]3CC[C@@H](C3)[C@H]2C1=O)S(=O)(=O)c1ccc(C)cc1)OC(C)=O. The van der Waals surface area contributed by atoms with Crippen molar-refractivity contribution in [1.82, 2.24) is 4.31 Å². The molecule has 2 fully saturated rings. The van der Waals surface area contributed by atoms with Gasteiger partial charge in [0, 0.05) is 45.4 Å². The smallest absolute Gasteiger partial charge is 0.303 e. The molecule has 0 saturated heterocycles. The number of hydrogen-bond acceptors (Lipinski definition) is 9. The second kappa shape index (κ2) is 12.7. The fourth-order valence-electron chi connectivity index (χ4n) is 6.27. The molecule has 0 aliphatic heterocycles. The summed E-state index contributed by atoms with van der Waals surface area (Å²) in [5.41, 5.74) is 1.41. The average molecular weight is 588 g/mol. The van der Waals surface area contributed by atoms with Crippen molar-refractivity contribution in [2.45, 2.75) is 64.1 Å². The van der Waals surface area contributed by atoms with Gasteiger partial charge in [0.05, 0.1) is 4.90 Å². The van der Waals surface area contributed by atoms with Crippen LogP contribution in [-0.2, 0) is 43.4 Å². The molecule has 0 unspecified atom stereocenters. The van der Waals surface area contributed by atoms with Crippen LogP contribution >= 0.6 is 0 Å². The summed E-state index contributed by atoms with van der Waals surface area (Å²) in [6, 6.07) is 6.47. The van der Waals surface area contributed by atoms with Gasteiger partial charge in [-0.2, -0.15) is 4.31 Å². The second-order valence-electron chi connectivity index (χ2n) is 11.1. The zero-order valence-corrected chi connectivity index (χ0v) is 24.6. The van der Waals surface area contributed by atoms with Crippen molar-refractivity contribution in [1.29, 1.82) is 0 Å². The molecule has 0 N–H and O–H groups in total. The van der Waals surface area contributed by atoms with Crippen molar-refractivity contribution in [3.63, 3.8) is 0 Å². The van der Waals surface area contributed by atoms with Gasteiger partial charge in [-0.15, -0.1) is 0 Å². The van der Waals surface area contributed by atoms with E-state index in [0.29, 0.717) is 17.4 Å². The summed E-state index contributed by atoms with van der Waals surface area (Å²) in [5, 5.41) is 0. The van der Waals surface area contributed by atoms with Gasteiger partial charge in [-0.1, -0.05) is 29.8 Å². The molecule has 2 saturated carbocycles. The molecule has 0 heterocycles. The maximum absolute atomic E-state index is 13.8. The first kappa shape index (κ1) is 30.6. The number of benzene rings is 1. The van der Waals surface area contributed by atoms with Crippen LogP contribution in [0, 0.1) is 30.6 Å². The number of rotatable bonds is 12. The normalized spacial score (nSPS) is 24.7. The number of ketones is 1. The van der Waals surface area contributed by atoms with E-state index in [0.717, 1.165) is 24.8 Å². The Morgan fingerprint density at radius 2 is 1.66 bits per heavy atom. The number of esters is 3. The van der Waals surface area contributed by atoms with Crippen molar-refractivity contribution in [3.8, 4) is 0 Å². The lowest BCUT2D eigenvalue weighted by Gasteiger charge is -2.25. The lowest BCUT2D eigenvalue weighted by atomic mass is 9.81. The first-order chi connectivity index (χ1) is 19.4. The van der Waals surface area contributed by atoms with Crippen molar-refractivity contribution in [3.05, 3.63) is 53.6 Å². The van der Waals surface area contributed by atoms with E-state index in [-0.39, 0.29) is 42.2 Å². The molecule has 4 rings (SSSR count). The molecular formula is C30H37NO9S. The first-order valence-electron chi connectivity index (χ1n) is 13.8. The average Bonchev–Trinajstić information content (AvgIpc) is 3.59. The van der Waals surface area contributed by atoms with E-state index in [4.69, 9.17) is 14.2 Å². The summed E-state index contributed by atoms with van der Waals surface area (Å²) >= 11 is 0. The molecule has 10 nitrogen and oxygen atoms in total. The minimum absolute atomic E-state index is 0.0318. The van der Waals surface area contributed by atoms with Crippen LogP contribution in [0.1, 0.15) is 45.6 Å². The molecule has 2 bridgehead atoms. The van der Waals surface area contributed by atoms with Gasteiger partial charge in [-0.05, 0) is 62.1 Å². The number of Topliss-reactive ketones (excluding diaryl/α,β-unsaturated/α-hetero) is 1. The fraction of sp³-hybridized carbons (Fsp3) is 0.533. The number of allylic oxidation sites excluding steroid dienone is 1. The molecule has 6 atom stereocenters. The van der Waals surface area contributed by atoms with E-state index in [2.05, 4.69) is 0 Å². The van der Waals surface area contributed by atoms with Crippen LogP contribution in [-0.4, -0.2) is 68.3 Å². The Labute approximate surface area is 240 Å². The van der Waals surface area contributed by atoms with Crippen LogP contribution in [0.3, 0.4) is 0 Å². The molecule has 0 aromatic heterocycles. The number of nitrogens with zero attached hydrogens (tertiary/aromatic N) is 1. The number of aryl methyl sites for hydroxylation is 1. The third-order valence-electron chi connectivity index (χ3n) is 8.07. The summed E-state index contributed by atoms with van der Waals surface area (Å²) in [6.07, 6.45) is 5.77. The Kier molecular flexibility index (Phi) is 9.48. The number of ether oxygens (including phenoxy) is 3. The zero-order chi connectivity index (χ0) is 29.9. The molecule has 0 spiro atoms. The highest BCUT2D eigenvalue weighted by atomic mass is 32.2. The molecule has 1 aromatic carbocycles. The lowest BCUT2D eigenvalue weighted by Crippen LogP contribution is -2.38. The van der Waals surface area contributed by atoms with Gasteiger partial charge in [0.2, 0.25) is 10.0 Å². The highest BCUT2D eigenvalue weighted by Gasteiger charge is 2.53. The summed E-state index contributed by atoms with van der Waals surface area (Å²) < 4.78 is 44.3. The standard InChI is InChI=1S/C30H37NO9S/c1-18-7-11-25(12-8-18)41(36,37)31(16-24-15-26-22-9-10-23(14-22)29(26)30(24)35)13-5-6-27(39-20(3)33)28(40-21(4)34)17-38-19(2)32/h5-8,11-12,15,22-23,26-29H,9-10,13-14,16-17H2,1-4H3/b6-5+/t22-,23+,26+,27+,28-,29-/m1/s1. The molecule has 1 aromatic rings.